The zero-order chi connectivity index (χ0) is 15.0. The zero-order valence-corrected chi connectivity index (χ0v) is 14.5. The third-order valence-corrected chi connectivity index (χ3v) is 3.61. The van der Waals surface area contributed by atoms with Crippen LogP contribution >= 0.6 is 24.0 Å². The van der Waals surface area contributed by atoms with E-state index in [4.69, 9.17) is 11.6 Å². The van der Waals surface area contributed by atoms with Crippen LogP contribution in [0.25, 0.3) is 0 Å². The van der Waals surface area contributed by atoms with E-state index in [1.807, 2.05) is 19.1 Å². The third-order valence-electron chi connectivity index (χ3n) is 3.29. The summed E-state index contributed by atoms with van der Waals surface area (Å²) in [7, 11) is 0. The highest BCUT2D eigenvalue weighted by Gasteiger charge is 2.07. The summed E-state index contributed by atoms with van der Waals surface area (Å²) in [6, 6.07) is 5.35. The van der Waals surface area contributed by atoms with Crippen molar-refractivity contribution in [2.45, 2.75) is 27.2 Å². The Kier molecular flexibility index (Phi) is 10.2. The molecule has 0 heterocycles. The van der Waals surface area contributed by atoms with Gasteiger partial charge in [0.15, 0.2) is 0 Å². The van der Waals surface area contributed by atoms with Gasteiger partial charge in [0.25, 0.3) is 0 Å². The van der Waals surface area contributed by atoms with E-state index in [9.17, 15) is 4.79 Å². The van der Waals surface area contributed by atoms with E-state index in [0.29, 0.717) is 17.3 Å². The van der Waals surface area contributed by atoms with Crippen LogP contribution in [0.2, 0.25) is 5.02 Å². The fraction of sp³-hybridized carbons (Fsp3) is 0.533. The number of amides is 2. The molecule has 0 atom stereocenters. The number of aryl methyl sites for hydroxylation is 1. The summed E-state index contributed by atoms with van der Waals surface area (Å²) in [5.41, 5.74) is 1.63. The van der Waals surface area contributed by atoms with Gasteiger partial charge in [-0.25, -0.2) is 4.79 Å². The van der Waals surface area contributed by atoms with Gasteiger partial charge in [0, 0.05) is 6.54 Å². The summed E-state index contributed by atoms with van der Waals surface area (Å²) in [6.07, 6.45) is 0.941. The normalized spacial score (nSPS) is 10.1. The minimum atomic E-state index is -0.208. The first kappa shape index (κ1) is 20.0. The highest BCUT2D eigenvalue weighted by molar-refractivity contribution is 6.33. The molecule has 0 aliphatic heterocycles. The average Bonchev–Trinajstić information content (AvgIpc) is 2.43. The number of anilines is 1. The van der Waals surface area contributed by atoms with E-state index < -0.39 is 0 Å². The number of halogens is 2. The number of benzene rings is 1. The molecule has 0 radical (unpaired) electrons. The Morgan fingerprint density at radius 2 is 1.95 bits per heavy atom. The molecule has 0 unspecified atom stereocenters. The second kappa shape index (κ2) is 10.7. The molecule has 0 bridgehead atoms. The lowest BCUT2D eigenvalue weighted by Gasteiger charge is -2.18. The van der Waals surface area contributed by atoms with E-state index in [2.05, 4.69) is 29.4 Å². The topological polar surface area (TPSA) is 44.4 Å². The summed E-state index contributed by atoms with van der Waals surface area (Å²) in [6.45, 7) is 9.95. The number of rotatable bonds is 7. The van der Waals surface area contributed by atoms with Gasteiger partial charge >= 0.3 is 6.03 Å². The Morgan fingerprint density at radius 1 is 1.29 bits per heavy atom. The van der Waals surface area contributed by atoms with Crippen molar-refractivity contribution >= 4 is 35.7 Å². The standard InChI is InChI=1S/C15H24ClN3O.ClH/c1-4-19(5-2)11-7-10-17-15(20)18-14-12(3)8-6-9-13(14)16;/h6,8-9H,4-5,7,10-11H2,1-3H3,(H2,17,18,20);1H. The van der Waals surface area contributed by atoms with Crippen LogP contribution in [0.15, 0.2) is 18.2 Å². The second-order valence-corrected chi connectivity index (χ2v) is 5.10. The largest absolute Gasteiger partial charge is 0.338 e. The molecule has 21 heavy (non-hydrogen) atoms. The first-order valence-corrected chi connectivity index (χ1v) is 7.48. The van der Waals surface area contributed by atoms with Crippen LogP contribution in [0.1, 0.15) is 25.8 Å². The molecule has 6 heteroatoms. The molecular weight excluding hydrogens is 309 g/mol. The molecule has 4 nitrogen and oxygen atoms in total. The van der Waals surface area contributed by atoms with E-state index in [1.54, 1.807) is 6.07 Å². The Labute approximate surface area is 138 Å². The molecule has 2 N–H and O–H groups in total. The molecule has 0 aliphatic carbocycles. The van der Waals surface area contributed by atoms with Crippen LogP contribution in [0.4, 0.5) is 10.5 Å². The van der Waals surface area contributed by atoms with Crippen molar-refractivity contribution in [3.8, 4) is 0 Å². The van der Waals surface area contributed by atoms with Gasteiger partial charge in [0.2, 0.25) is 0 Å². The highest BCUT2D eigenvalue weighted by Crippen LogP contribution is 2.24. The Bertz CT molecular complexity index is 417. The number of nitrogens with zero attached hydrogens (tertiary/aromatic N) is 1. The molecule has 1 aromatic carbocycles. The average molecular weight is 334 g/mol. The minimum absolute atomic E-state index is 0. The van der Waals surface area contributed by atoms with Gasteiger partial charge in [0.05, 0.1) is 10.7 Å². The molecule has 0 spiro atoms. The third kappa shape index (κ3) is 7.02. The number of nitrogens with one attached hydrogen (secondary N) is 2. The lowest BCUT2D eigenvalue weighted by molar-refractivity contribution is 0.250. The number of carbonyl (C=O) groups excluding carboxylic acids is 1. The van der Waals surface area contributed by atoms with Crippen LogP contribution < -0.4 is 10.6 Å². The molecule has 2 amide bonds. The van der Waals surface area contributed by atoms with Crippen molar-refractivity contribution in [3.05, 3.63) is 28.8 Å². The predicted molar refractivity (Wildman–Crippen MR) is 92.9 cm³/mol. The monoisotopic (exact) mass is 333 g/mol. The molecule has 120 valence electrons. The first-order valence-electron chi connectivity index (χ1n) is 7.10. The van der Waals surface area contributed by atoms with Gasteiger partial charge in [-0.3, -0.25) is 0 Å². The SMILES string of the molecule is CCN(CC)CCCNC(=O)Nc1c(C)cccc1Cl.Cl. The van der Waals surface area contributed by atoms with E-state index in [0.717, 1.165) is 31.6 Å². The van der Waals surface area contributed by atoms with Gasteiger partial charge in [-0.05, 0) is 44.6 Å². The summed E-state index contributed by atoms with van der Waals surface area (Å²) in [4.78, 5) is 14.1. The van der Waals surface area contributed by atoms with Gasteiger partial charge in [-0.2, -0.15) is 0 Å². The smallest absolute Gasteiger partial charge is 0.319 e. The van der Waals surface area contributed by atoms with Crippen molar-refractivity contribution < 1.29 is 4.79 Å². The van der Waals surface area contributed by atoms with Crippen LogP contribution in [-0.4, -0.2) is 37.1 Å². The van der Waals surface area contributed by atoms with Gasteiger partial charge in [-0.15, -0.1) is 12.4 Å². The predicted octanol–water partition coefficient (Wildman–Crippen LogP) is 3.92. The minimum Gasteiger partial charge on any atom is -0.338 e. The van der Waals surface area contributed by atoms with E-state index in [-0.39, 0.29) is 18.4 Å². The van der Waals surface area contributed by atoms with Crippen molar-refractivity contribution in [3.63, 3.8) is 0 Å². The second-order valence-electron chi connectivity index (χ2n) is 4.69. The summed E-state index contributed by atoms with van der Waals surface area (Å²) >= 11 is 6.06. The lowest BCUT2D eigenvalue weighted by atomic mass is 10.2. The van der Waals surface area contributed by atoms with Crippen LogP contribution in [-0.2, 0) is 0 Å². The van der Waals surface area contributed by atoms with Crippen LogP contribution in [0.5, 0.6) is 0 Å². The van der Waals surface area contributed by atoms with Gasteiger partial charge < -0.3 is 15.5 Å². The van der Waals surface area contributed by atoms with Crippen LogP contribution in [0, 0.1) is 6.92 Å². The first-order chi connectivity index (χ1) is 9.58. The molecule has 1 aromatic rings. The number of urea groups is 1. The molecule has 0 aliphatic rings. The molecule has 0 saturated carbocycles. The van der Waals surface area contributed by atoms with Gasteiger partial charge in [0.1, 0.15) is 0 Å². The summed E-state index contributed by atoms with van der Waals surface area (Å²) < 4.78 is 0. The molecule has 1 rings (SSSR count). The summed E-state index contributed by atoms with van der Waals surface area (Å²) in [5, 5.41) is 6.21. The molecule has 0 fully saturated rings. The Balaban J connectivity index is 0.00000400. The van der Waals surface area contributed by atoms with Crippen molar-refractivity contribution in [1.82, 2.24) is 10.2 Å². The van der Waals surface area contributed by atoms with E-state index >= 15 is 0 Å². The molecule has 0 saturated heterocycles. The fourth-order valence-corrected chi connectivity index (χ4v) is 2.26. The summed E-state index contributed by atoms with van der Waals surface area (Å²) in [5.74, 6) is 0. The lowest BCUT2D eigenvalue weighted by Crippen LogP contribution is -2.32. The number of carbonyl (C=O) groups is 1. The van der Waals surface area contributed by atoms with Crippen molar-refractivity contribution in [2.75, 3.05) is 31.5 Å². The van der Waals surface area contributed by atoms with Gasteiger partial charge in [-0.1, -0.05) is 37.6 Å². The number of hydrogen-bond acceptors (Lipinski definition) is 2. The maximum Gasteiger partial charge on any atom is 0.319 e. The number of hydrogen-bond donors (Lipinski definition) is 2. The molecular formula is C15H25Cl2N3O. The highest BCUT2D eigenvalue weighted by atomic mass is 35.5. The molecule has 0 aromatic heterocycles. The number of para-hydroxylation sites is 1. The maximum atomic E-state index is 11.8. The van der Waals surface area contributed by atoms with Crippen molar-refractivity contribution in [1.29, 1.82) is 0 Å². The van der Waals surface area contributed by atoms with Crippen LogP contribution in [0.3, 0.4) is 0 Å². The Morgan fingerprint density at radius 3 is 2.52 bits per heavy atom. The zero-order valence-electron chi connectivity index (χ0n) is 12.9. The Hall–Kier alpha value is -0.970. The quantitative estimate of drug-likeness (QED) is 0.742. The van der Waals surface area contributed by atoms with E-state index in [1.165, 1.54) is 0 Å². The fourth-order valence-electron chi connectivity index (χ4n) is 1.99. The van der Waals surface area contributed by atoms with Crippen molar-refractivity contribution in [2.24, 2.45) is 0 Å². The maximum absolute atomic E-state index is 11.8.